The van der Waals surface area contributed by atoms with E-state index in [-0.39, 0.29) is 5.97 Å². The molecule has 0 unspecified atom stereocenters. The number of rotatable bonds is 4. The molecule has 0 spiro atoms. The van der Waals surface area contributed by atoms with Gasteiger partial charge in [-0.15, -0.1) is 0 Å². The van der Waals surface area contributed by atoms with E-state index >= 15 is 0 Å². The van der Waals surface area contributed by atoms with E-state index in [4.69, 9.17) is 4.74 Å². The molecule has 1 rings (SSSR count). The number of aryl methyl sites for hydroxylation is 1. The van der Waals surface area contributed by atoms with Gasteiger partial charge in [-0.1, -0.05) is 11.3 Å². The zero-order valence-corrected chi connectivity index (χ0v) is 10.7. The Balaban J connectivity index is 2.85. The molecule has 0 aliphatic rings. The molecule has 0 amide bonds. The molecule has 88 valence electrons. The van der Waals surface area contributed by atoms with Crippen molar-refractivity contribution in [1.29, 1.82) is 0 Å². The van der Waals surface area contributed by atoms with Crippen LogP contribution in [-0.4, -0.2) is 42.9 Å². The maximum absolute atomic E-state index is 11.5. The van der Waals surface area contributed by atoms with Gasteiger partial charge in [0.2, 0.25) is 5.13 Å². The Morgan fingerprint density at radius 2 is 2.31 bits per heavy atom. The summed E-state index contributed by atoms with van der Waals surface area (Å²) in [5.74, 6) is -0.330. The van der Waals surface area contributed by atoms with Crippen LogP contribution < -0.4 is 0 Å². The first-order valence-corrected chi connectivity index (χ1v) is 5.71. The third kappa shape index (κ3) is 3.30. The van der Waals surface area contributed by atoms with Gasteiger partial charge in [-0.25, -0.2) is 14.8 Å². The summed E-state index contributed by atoms with van der Waals surface area (Å²) < 4.78 is 4.92. The Bertz CT molecular complexity index is 399. The molecule has 0 N–H and O–H groups in total. The van der Waals surface area contributed by atoms with Gasteiger partial charge in [-0.05, 0) is 13.8 Å². The van der Waals surface area contributed by atoms with Gasteiger partial charge in [0.05, 0.1) is 18.6 Å². The topological polar surface area (TPSA) is 54.8 Å². The summed E-state index contributed by atoms with van der Waals surface area (Å²) >= 11 is 1.24. The molecule has 1 aromatic heterocycles. The minimum atomic E-state index is -0.330. The van der Waals surface area contributed by atoms with Crippen LogP contribution in [0.15, 0.2) is 4.99 Å². The van der Waals surface area contributed by atoms with E-state index in [9.17, 15) is 4.79 Å². The highest BCUT2D eigenvalue weighted by Crippen LogP contribution is 2.25. The zero-order chi connectivity index (χ0) is 12.1. The average Bonchev–Trinajstić information content (AvgIpc) is 2.57. The Labute approximate surface area is 98.8 Å². The fraction of sp³-hybridized carbons (Fsp3) is 0.500. The van der Waals surface area contributed by atoms with Crippen LogP contribution in [0.2, 0.25) is 0 Å². The van der Waals surface area contributed by atoms with Crippen molar-refractivity contribution in [3.63, 3.8) is 0 Å². The average molecular weight is 241 g/mol. The van der Waals surface area contributed by atoms with E-state index < -0.39 is 0 Å². The van der Waals surface area contributed by atoms with Gasteiger partial charge in [0.1, 0.15) is 4.88 Å². The van der Waals surface area contributed by atoms with Crippen LogP contribution in [0.4, 0.5) is 5.13 Å². The van der Waals surface area contributed by atoms with E-state index in [0.29, 0.717) is 22.3 Å². The summed E-state index contributed by atoms with van der Waals surface area (Å²) in [6.07, 6.45) is 1.65. The lowest BCUT2D eigenvalue weighted by Crippen LogP contribution is -2.06. The number of esters is 1. The van der Waals surface area contributed by atoms with Gasteiger partial charge in [-0.2, -0.15) is 0 Å². The van der Waals surface area contributed by atoms with Crippen molar-refractivity contribution in [2.24, 2.45) is 4.99 Å². The van der Waals surface area contributed by atoms with Crippen LogP contribution in [0.25, 0.3) is 0 Å². The molecule has 1 heterocycles. The van der Waals surface area contributed by atoms with E-state index in [2.05, 4.69) is 9.98 Å². The largest absolute Gasteiger partial charge is 0.462 e. The molecule has 0 radical (unpaired) electrons. The van der Waals surface area contributed by atoms with Crippen molar-refractivity contribution < 1.29 is 9.53 Å². The third-order valence-corrected chi connectivity index (χ3v) is 2.69. The van der Waals surface area contributed by atoms with Crippen LogP contribution in [0.1, 0.15) is 22.3 Å². The van der Waals surface area contributed by atoms with E-state index in [1.165, 1.54) is 11.3 Å². The fourth-order valence-corrected chi connectivity index (χ4v) is 1.79. The summed E-state index contributed by atoms with van der Waals surface area (Å²) in [6, 6.07) is 0. The molecule has 6 heteroatoms. The molecule has 0 saturated carbocycles. The van der Waals surface area contributed by atoms with Gasteiger partial charge in [0, 0.05) is 14.1 Å². The smallest absolute Gasteiger partial charge is 0.350 e. The molecule has 0 fully saturated rings. The summed E-state index contributed by atoms with van der Waals surface area (Å²) in [6.45, 7) is 3.92. The quantitative estimate of drug-likeness (QED) is 0.458. The highest BCUT2D eigenvalue weighted by atomic mass is 32.1. The second-order valence-corrected chi connectivity index (χ2v) is 4.32. The summed E-state index contributed by atoms with van der Waals surface area (Å²) in [5.41, 5.74) is 0.661. The minimum absolute atomic E-state index is 0.330. The number of aromatic nitrogens is 1. The Morgan fingerprint density at radius 3 is 2.88 bits per heavy atom. The van der Waals surface area contributed by atoms with E-state index in [1.54, 1.807) is 25.1 Å². The maximum atomic E-state index is 11.5. The number of aliphatic imine (C=N–C) groups is 1. The van der Waals surface area contributed by atoms with Crippen LogP contribution >= 0.6 is 11.3 Å². The molecule has 0 bridgehead atoms. The molecular formula is C10H15N3O2S. The zero-order valence-electron chi connectivity index (χ0n) is 9.85. The van der Waals surface area contributed by atoms with Crippen molar-refractivity contribution in [2.45, 2.75) is 13.8 Å². The van der Waals surface area contributed by atoms with Crippen molar-refractivity contribution in [2.75, 3.05) is 20.7 Å². The van der Waals surface area contributed by atoms with Gasteiger partial charge in [0.15, 0.2) is 0 Å². The summed E-state index contributed by atoms with van der Waals surface area (Å²) in [7, 11) is 3.74. The predicted octanol–water partition coefficient (Wildman–Crippen LogP) is 1.85. The van der Waals surface area contributed by atoms with Gasteiger partial charge < -0.3 is 9.64 Å². The second-order valence-electron chi connectivity index (χ2n) is 3.34. The minimum Gasteiger partial charge on any atom is -0.462 e. The standard InChI is InChI=1S/C10H15N3O2S/c1-5-15-9(14)8-7(2)12-10(16-8)11-6-13(3)4/h6H,5H2,1-4H3/b11-6-. The van der Waals surface area contributed by atoms with Crippen molar-refractivity contribution in [1.82, 2.24) is 9.88 Å². The van der Waals surface area contributed by atoms with Crippen LogP contribution in [-0.2, 0) is 4.74 Å². The predicted molar refractivity (Wildman–Crippen MR) is 64.6 cm³/mol. The van der Waals surface area contributed by atoms with Crippen LogP contribution in [0.5, 0.6) is 0 Å². The number of carbonyl (C=O) groups is 1. The van der Waals surface area contributed by atoms with Gasteiger partial charge in [-0.3, -0.25) is 0 Å². The first-order chi connectivity index (χ1) is 7.54. The maximum Gasteiger partial charge on any atom is 0.350 e. The Hall–Kier alpha value is -1.43. The van der Waals surface area contributed by atoms with Crippen molar-refractivity contribution in [3.05, 3.63) is 10.6 Å². The monoisotopic (exact) mass is 241 g/mol. The Kier molecular flexibility index (Phi) is 4.42. The molecule has 0 atom stereocenters. The number of ether oxygens (including phenoxy) is 1. The first kappa shape index (κ1) is 12.6. The molecule has 0 saturated heterocycles. The summed E-state index contributed by atoms with van der Waals surface area (Å²) in [5, 5.41) is 0.564. The fourth-order valence-electron chi connectivity index (χ4n) is 0.988. The van der Waals surface area contributed by atoms with Crippen molar-refractivity contribution in [3.8, 4) is 0 Å². The van der Waals surface area contributed by atoms with Gasteiger partial charge in [0.25, 0.3) is 0 Å². The van der Waals surface area contributed by atoms with Crippen molar-refractivity contribution >= 4 is 28.8 Å². The number of carbonyl (C=O) groups excluding carboxylic acids is 1. The number of thiazole rings is 1. The molecule has 0 aliphatic heterocycles. The molecule has 0 aliphatic carbocycles. The van der Waals surface area contributed by atoms with Crippen LogP contribution in [0, 0.1) is 6.92 Å². The van der Waals surface area contributed by atoms with Gasteiger partial charge >= 0.3 is 5.97 Å². The van der Waals surface area contributed by atoms with E-state index in [1.807, 2.05) is 14.1 Å². The third-order valence-electron chi connectivity index (χ3n) is 1.65. The number of nitrogens with zero attached hydrogens (tertiary/aromatic N) is 3. The lowest BCUT2D eigenvalue weighted by molar-refractivity contribution is 0.0531. The number of hydrogen-bond donors (Lipinski definition) is 0. The highest BCUT2D eigenvalue weighted by Gasteiger charge is 2.15. The molecule has 5 nitrogen and oxygen atoms in total. The normalized spacial score (nSPS) is 10.8. The lowest BCUT2D eigenvalue weighted by atomic mass is 10.4. The number of hydrogen-bond acceptors (Lipinski definition) is 5. The Morgan fingerprint density at radius 1 is 1.62 bits per heavy atom. The second kappa shape index (κ2) is 5.60. The first-order valence-electron chi connectivity index (χ1n) is 4.89. The lowest BCUT2D eigenvalue weighted by Gasteiger charge is -1.99. The molecule has 0 aromatic carbocycles. The van der Waals surface area contributed by atoms with E-state index in [0.717, 1.165) is 0 Å². The highest BCUT2D eigenvalue weighted by molar-refractivity contribution is 7.17. The SMILES string of the molecule is CCOC(=O)c1sc(/N=C\N(C)C)nc1C. The molecule has 1 aromatic rings. The molecule has 16 heavy (non-hydrogen) atoms. The van der Waals surface area contributed by atoms with Crippen LogP contribution in [0.3, 0.4) is 0 Å². The summed E-state index contributed by atoms with van der Waals surface area (Å²) in [4.78, 5) is 22.1. The molecular weight excluding hydrogens is 226 g/mol.